The van der Waals surface area contributed by atoms with Crippen molar-refractivity contribution in [3.8, 4) is 0 Å². The summed E-state index contributed by atoms with van der Waals surface area (Å²) in [6.07, 6.45) is 17.6. The molecule has 2 aliphatic heterocycles. The van der Waals surface area contributed by atoms with Gasteiger partial charge in [-0.1, -0.05) is 44.9 Å². The number of sulfonamides is 2. The van der Waals surface area contributed by atoms with E-state index in [1.807, 2.05) is 12.5 Å². The Hall–Kier alpha value is -2.60. The van der Waals surface area contributed by atoms with Crippen LogP contribution in [0.2, 0.25) is 0 Å². The number of nitrogens with zero attached hydrogens (tertiary/aromatic N) is 6. The molecule has 0 radical (unpaired) electrons. The summed E-state index contributed by atoms with van der Waals surface area (Å²) in [5.41, 5.74) is 12.8. The number of rotatable bonds is 4. The van der Waals surface area contributed by atoms with Gasteiger partial charge in [0, 0.05) is 28.4 Å². The third-order valence-corrected chi connectivity index (χ3v) is 14.1. The molecule has 0 saturated heterocycles. The first-order valence-corrected chi connectivity index (χ1v) is 22.1. The van der Waals surface area contributed by atoms with Gasteiger partial charge < -0.3 is 11.5 Å². The van der Waals surface area contributed by atoms with Gasteiger partial charge in [0.2, 0.25) is 0 Å². The predicted octanol–water partition coefficient (Wildman–Crippen LogP) is 7.23. The first-order valence-electron chi connectivity index (χ1n) is 15.5. The van der Waals surface area contributed by atoms with Crippen molar-refractivity contribution in [1.29, 1.82) is 0 Å². The summed E-state index contributed by atoms with van der Waals surface area (Å²) in [5.74, 6) is 0. The highest BCUT2D eigenvalue weighted by atomic mass is 32.2. The number of hydrazone groups is 1. The van der Waals surface area contributed by atoms with E-state index >= 15 is 0 Å². The highest BCUT2D eigenvalue weighted by molar-refractivity contribution is 8.38. The average molecular weight is 769 g/mol. The van der Waals surface area contributed by atoms with Crippen LogP contribution in [0.25, 0.3) is 0 Å². The van der Waals surface area contributed by atoms with E-state index in [4.69, 9.17) is 11.5 Å². The molecule has 2 spiro atoms. The van der Waals surface area contributed by atoms with Crippen molar-refractivity contribution in [3.63, 3.8) is 0 Å². The molecule has 2 aliphatic carbocycles. The molecule has 49 heavy (non-hydrogen) atoms. The predicted molar refractivity (Wildman–Crippen MR) is 210 cm³/mol. The minimum atomic E-state index is -3.76. The van der Waals surface area contributed by atoms with Gasteiger partial charge in [0.05, 0.1) is 29.4 Å². The van der Waals surface area contributed by atoms with E-state index in [1.165, 1.54) is 98.1 Å². The number of hydrogen-bond donors (Lipinski definition) is 2. The maximum atomic E-state index is 12.5. The Bertz CT molecular complexity index is 1700. The maximum absolute atomic E-state index is 12.5. The van der Waals surface area contributed by atoms with Gasteiger partial charge in [0.1, 0.15) is 4.38 Å². The summed E-state index contributed by atoms with van der Waals surface area (Å²) in [6, 6.07) is 12.0. The van der Waals surface area contributed by atoms with Crippen molar-refractivity contribution >= 4 is 82.5 Å². The Morgan fingerprint density at radius 3 is 1.61 bits per heavy atom. The van der Waals surface area contributed by atoms with Crippen LogP contribution in [0.15, 0.2) is 82.4 Å². The summed E-state index contributed by atoms with van der Waals surface area (Å²) in [7, 11) is -7.37. The van der Waals surface area contributed by atoms with Crippen LogP contribution in [0.3, 0.4) is 0 Å². The van der Waals surface area contributed by atoms with Gasteiger partial charge in [-0.05, 0) is 93.0 Å². The summed E-state index contributed by atoms with van der Waals surface area (Å²) >= 11 is 3.90. The van der Waals surface area contributed by atoms with E-state index in [9.17, 15) is 16.8 Å². The smallest absolute Gasteiger partial charge is 0.284 e. The fourth-order valence-corrected chi connectivity index (χ4v) is 10.3. The molecule has 2 aromatic carbocycles. The van der Waals surface area contributed by atoms with Crippen molar-refractivity contribution in [2.45, 2.75) is 68.6 Å². The molecule has 0 atom stereocenters. The van der Waals surface area contributed by atoms with Gasteiger partial charge in [-0.3, -0.25) is 0 Å². The van der Waals surface area contributed by atoms with E-state index in [2.05, 4.69) is 24.1 Å². The Morgan fingerprint density at radius 2 is 1.16 bits per heavy atom. The zero-order valence-corrected chi connectivity index (χ0v) is 31.6. The minimum absolute atomic E-state index is 0. The van der Waals surface area contributed by atoms with E-state index in [1.54, 1.807) is 41.8 Å². The SMILES string of the molecule is C.C1CCC2(C1)CN=NC2.CSC(=NS(=O)(=O)c1ccc(N)cc1)N1CC2(C=N1)CCCC2.CSC(=NS(=O)(=O)c1ccc(N)cc1)SC. The molecule has 270 valence electrons. The van der Waals surface area contributed by atoms with E-state index in [-0.39, 0.29) is 22.6 Å². The van der Waals surface area contributed by atoms with E-state index in [0.717, 1.165) is 25.9 Å². The molecule has 2 heterocycles. The van der Waals surface area contributed by atoms with Crippen LogP contribution in [0.4, 0.5) is 11.4 Å². The van der Waals surface area contributed by atoms with Crippen LogP contribution >= 0.6 is 35.3 Å². The fourth-order valence-electron chi connectivity index (χ4n) is 5.88. The molecule has 12 nitrogen and oxygen atoms in total. The number of hydrogen-bond acceptors (Lipinski definition) is 12. The van der Waals surface area contributed by atoms with Crippen LogP contribution in [-0.4, -0.2) is 76.0 Å². The Kier molecular flexibility index (Phi) is 15.0. The molecule has 0 amide bonds. The van der Waals surface area contributed by atoms with Gasteiger partial charge in [-0.15, -0.1) is 32.3 Å². The Balaban J connectivity index is 0.000000216. The number of azo groups is 1. The molecule has 4 N–H and O–H groups in total. The molecule has 4 aliphatic rings. The normalized spacial score (nSPS) is 18.8. The molecular formula is C32H48N8O4S5. The number of nitrogen functional groups attached to an aromatic ring is 2. The minimum Gasteiger partial charge on any atom is -0.399 e. The lowest BCUT2D eigenvalue weighted by molar-refractivity contribution is 0.352. The third kappa shape index (κ3) is 11.2. The van der Waals surface area contributed by atoms with Gasteiger partial charge >= 0.3 is 0 Å². The van der Waals surface area contributed by atoms with Crippen LogP contribution in [0.5, 0.6) is 0 Å². The first kappa shape index (κ1) is 40.8. The number of nitrogens with two attached hydrogens (primary N) is 2. The maximum Gasteiger partial charge on any atom is 0.284 e. The zero-order chi connectivity index (χ0) is 34.8. The second-order valence-electron chi connectivity index (χ2n) is 12.1. The second-order valence-corrected chi connectivity index (χ2v) is 17.9. The molecule has 0 aromatic heterocycles. The van der Waals surface area contributed by atoms with Crippen molar-refractivity contribution < 1.29 is 16.8 Å². The highest BCUT2D eigenvalue weighted by Crippen LogP contribution is 2.41. The Morgan fingerprint density at radius 1 is 0.714 bits per heavy atom. The number of benzene rings is 2. The molecule has 2 aromatic rings. The lowest BCUT2D eigenvalue weighted by Gasteiger charge is -2.22. The standard InChI is InChI=1S/C15H20N4O2S2.C9H12N2O2S3.C7H12N2.CH4/c1-22-14(19-11-15(10-17-19)8-2-3-9-15)18-23(20,21)13-6-4-12(16)5-7-13;1-14-9(15-2)11-16(12,13)8-5-3-7(10)4-6-8;1-2-4-7(3-1)5-8-9-6-7;/h4-7,10H,2-3,8-9,11,16H2,1H3;3-6H,10H2,1-2H3;1-6H2;1H4. The number of amidine groups is 1. The number of anilines is 2. The van der Waals surface area contributed by atoms with Gasteiger partial charge in [-0.2, -0.15) is 32.2 Å². The summed E-state index contributed by atoms with van der Waals surface area (Å²) in [5, 5.41) is 14.6. The van der Waals surface area contributed by atoms with Crippen LogP contribution in [0.1, 0.15) is 58.8 Å². The molecule has 0 bridgehead atoms. The van der Waals surface area contributed by atoms with Crippen LogP contribution < -0.4 is 11.5 Å². The first-order chi connectivity index (χ1) is 22.8. The summed E-state index contributed by atoms with van der Waals surface area (Å²) in [4.78, 5) is 0.291. The average Bonchev–Trinajstić information content (AvgIpc) is 3.91. The molecule has 17 heteroatoms. The molecular weight excluding hydrogens is 721 g/mol. The van der Waals surface area contributed by atoms with Crippen molar-refractivity contribution in [2.75, 3.05) is 49.9 Å². The summed E-state index contributed by atoms with van der Waals surface area (Å²) < 4.78 is 56.8. The van der Waals surface area contributed by atoms with Gasteiger partial charge in [0.15, 0.2) is 5.17 Å². The van der Waals surface area contributed by atoms with Crippen LogP contribution in [-0.2, 0) is 20.0 Å². The number of thioether (sulfide) groups is 3. The fraction of sp³-hybridized carbons (Fsp3) is 0.531. The van der Waals surface area contributed by atoms with Crippen LogP contribution in [0, 0.1) is 10.8 Å². The topological polar surface area (TPSA) is 185 Å². The monoisotopic (exact) mass is 768 g/mol. The van der Waals surface area contributed by atoms with E-state index in [0.29, 0.717) is 32.9 Å². The zero-order valence-electron chi connectivity index (χ0n) is 27.5. The largest absolute Gasteiger partial charge is 0.399 e. The van der Waals surface area contributed by atoms with Crippen molar-refractivity contribution in [3.05, 3.63) is 48.5 Å². The summed E-state index contributed by atoms with van der Waals surface area (Å²) in [6.45, 7) is 2.75. The van der Waals surface area contributed by atoms with E-state index < -0.39 is 20.0 Å². The molecule has 2 fully saturated rings. The van der Waals surface area contributed by atoms with Gasteiger partial charge in [-0.25, -0.2) is 5.01 Å². The lowest BCUT2D eigenvalue weighted by atomic mass is 9.88. The Labute approximate surface area is 304 Å². The second kappa shape index (κ2) is 18.1. The molecule has 0 unspecified atom stereocenters. The molecule has 2 saturated carbocycles. The molecule has 6 rings (SSSR count). The lowest BCUT2D eigenvalue weighted by Crippen LogP contribution is -2.30. The third-order valence-electron chi connectivity index (χ3n) is 8.61. The quantitative estimate of drug-likeness (QED) is 0.183. The van der Waals surface area contributed by atoms with Gasteiger partial charge in [0.25, 0.3) is 20.0 Å². The van der Waals surface area contributed by atoms with Crippen molar-refractivity contribution in [1.82, 2.24) is 5.01 Å². The highest BCUT2D eigenvalue weighted by Gasteiger charge is 2.39. The van der Waals surface area contributed by atoms with Crippen molar-refractivity contribution in [2.24, 2.45) is 35.0 Å².